The second-order valence-electron chi connectivity index (χ2n) is 14.3. The van der Waals surface area contributed by atoms with Gasteiger partial charge in [-0.15, -0.1) is 0 Å². The summed E-state index contributed by atoms with van der Waals surface area (Å²) < 4.78 is 0. The highest BCUT2D eigenvalue weighted by Gasteiger charge is 2.16. The Morgan fingerprint density at radius 3 is 1.21 bits per heavy atom. The fourth-order valence-corrected chi connectivity index (χ4v) is 7.59. The van der Waals surface area contributed by atoms with E-state index in [-0.39, 0.29) is 0 Å². The molecule has 0 aliphatic heterocycles. The summed E-state index contributed by atoms with van der Waals surface area (Å²) in [6.45, 7) is 0. The third-order valence-electron chi connectivity index (χ3n) is 10.6. The Bertz CT molecular complexity index is 2970. The standard InChI is InChI=1S/C54H36N4/c1-4-14-37(15-5-1)40-26-28-42(29-27-40)52-56-53(58-54(57-52)46-24-13-22-44(33-46)51-50-25-11-10-20-41(50)30-31-55-51)45-23-12-21-43(32-45)49-35-47(38-16-6-2-7-17-38)34-48(36-49)39-18-8-3-9-19-39/h1-36H. The van der Waals surface area contributed by atoms with E-state index in [2.05, 4.69) is 200 Å². The number of fused-ring (bicyclic) bond motifs is 1. The van der Waals surface area contributed by atoms with Gasteiger partial charge in [-0.05, 0) is 86.3 Å². The van der Waals surface area contributed by atoms with E-state index in [0.717, 1.165) is 72.1 Å². The zero-order valence-electron chi connectivity index (χ0n) is 31.6. The molecule has 2 aromatic heterocycles. The molecule has 0 saturated carbocycles. The average Bonchev–Trinajstić information content (AvgIpc) is 3.32. The lowest BCUT2D eigenvalue weighted by Crippen LogP contribution is -2.00. The molecule has 4 nitrogen and oxygen atoms in total. The first-order valence-corrected chi connectivity index (χ1v) is 19.5. The summed E-state index contributed by atoms with van der Waals surface area (Å²) in [5.74, 6) is 1.80. The van der Waals surface area contributed by atoms with Crippen LogP contribution in [-0.2, 0) is 0 Å². The molecule has 10 aromatic rings. The van der Waals surface area contributed by atoms with Crippen molar-refractivity contribution in [1.82, 2.24) is 19.9 Å². The van der Waals surface area contributed by atoms with Gasteiger partial charge in [0.15, 0.2) is 17.5 Å². The second-order valence-corrected chi connectivity index (χ2v) is 14.3. The number of aromatic nitrogens is 4. The molecular weight excluding hydrogens is 705 g/mol. The summed E-state index contributed by atoms with van der Waals surface area (Å²) >= 11 is 0. The minimum Gasteiger partial charge on any atom is -0.256 e. The Balaban J connectivity index is 1.10. The molecule has 8 aromatic carbocycles. The highest BCUT2D eigenvalue weighted by molar-refractivity contribution is 5.95. The number of rotatable bonds is 8. The molecule has 0 unspecified atom stereocenters. The van der Waals surface area contributed by atoms with E-state index in [1.807, 2.05) is 18.3 Å². The Morgan fingerprint density at radius 1 is 0.241 bits per heavy atom. The van der Waals surface area contributed by atoms with Crippen LogP contribution in [0.4, 0.5) is 0 Å². The zero-order chi connectivity index (χ0) is 38.7. The lowest BCUT2D eigenvalue weighted by Gasteiger charge is -2.13. The Kier molecular flexibility index (Phi) is 9.18. The van der Waals surface area contributed by atoms with Crippen LogP contribution in [0.1, 0.15) is 0 Å². The predicted molar refractivity (Wildman–Crippen MR) is 239 cm³/mol. The van der Waals surface area contributed by atoms with Crippen LogP contribution in [0, 0.1) is 0 Å². The lowest BCUT2D eigenvalue weighted by atomic mass is 9.93. The van der Waals surface area contributed by atoms with Gasteiger partial charge in [0.05, 0.1) is 5.69 Å². The zero-order valence-corrected chi connectivity index (χ0v) is 31.6. The average molecular weight is 741 g/mol. The maximum atomic E-state index is 5.18. The van der Waals surface area contributed by atoms with Gasteiger partial charge >= 0.3 is 0 Å². The minimum absolute atomic E-state index is 0.595. The van der Waals surface area contributed by atoms with Gasteiger partial charge in [0.2, 0.25) is 0 Å². The number of hydrogen-bond donors (Lipinski definition) is 0. The van der Waals surface area contributed by atoms with E-state index >= 15 is 0 Å². The SMILES string of the molecule is c1ccc(-c2ccc(-c3nc(-c4cccc(-c5cc(-c6ccccc6)cc(-c6ccccc6)c5)c4)nc(-c4cccc(-c5nccc6ccccc56)c4)n3)cc2)cc1. The Morgan fingerprint density at radius 2 is 0.621 bits per heavy atom. The van der Waals surface area contributed by atoms with E-state index in [9.17, 15) is 0 Å². The first-order valence-electron chi connectivity index (χ1n) is 19.5. The van der Waals surface area contributed by atoms with E-state index in [1.54, 1.807) is 0 Å². The van der Waals surface area contributed by atoms with Crippen molar-refractivity contribution >= 4 is 10.8 Å². The molecule has 0 aliphatic carbocycles. The van der Waals surface area contributed by atoms with Crippen molar-refractivity contribution in [3.8, 4) is 89.9 Å². The van der Waals surface area contributed by atoms with Crippen LogP contribution in [-0.4, -0.2) is 19.9 Å². The van der Waals surface area contributed by atoms with Crippen molar-refractivity contribution in [2.45, 2.75) is 0 Å². The van der Waals surface area contributed by atoms with Gasteiger partial charge in [-0.2, -0.15) is 0 Å². The molecule has 0 atom stereocenters. The smallest absolute Gasteiger partial charge is 0.164 e. The highest BCUT2D eigenvalue weighted by Crippen LogP contribution is 2.36. The van der Waals surface area contributed by atoms with Crippen LogP contribution >= 0.6 is 0 Å². The number of nitrogens with zero attached hydrogens (tertiary/aromatic N) is 4. The lowest BCUT2D eigenvalue weighted by molar-refractivity contribution is 1.07. The van der Waals surface area contributed by atoms with Crippen molar-refractivity contribution in [1.29, 1.82) is 0 Å². The first kappa shape index (κ1) is 34.7. The molecule has 272 valence electrons. The summed E-state index contributed by atoms with van der Waals surface area (Å²) in [5, 5.41) is 2.24. The quantitative estimate of drug-likeness (QED) is 0.156. The largest absolute Gasteiger partial charge is 0.256 e. The van der Waals surface area contributed by atoms with Crippen LogP contribution in [0.5, 0.6) is 0 Å². The fraction of sp³-hybridized carbons (Fsp3) is 0. The third kappa shape index (κ3) is 7.07. The number of hydrogen-bond acceptors (Lipinski definition) is 4. The van der Waals surface area contributed by atoms with E-state index in [1.165, 1.54) is 11.1 Å². The van der Waals surface area contributed by atoms with Crippen molar-refractivity contribution in [2.24, 2.45) is 0 Å². The molecule has 0 spiro atoms. The topological polar surface area (TPSA) is 51.6 Å². The molecule has 58 heavy (non-hydrogen) atoms. The molecule has 0 amide bonds. The molecule has 0 saturated heterocycles. The van der Waals surface area contributed by atoms with Gasteiger partial charge in [0.25, 0.3) is 0 Å². The monoisotopic (exact) mass is 740 g/mol. The second kappa shape index (κ2) is 15.4. The van der Waals surface area contributed by atoms with Crippen molar-refractivity contribution < 1.29 is 0 Å². The predicted octanol–water partition coefficient (Wildman–Crippen LogP) is 13.8. The number of benzene rings is 8. The van der Waals surface area contributed by atoms with E-state index in [4.69, 9.17) is 19.9 Å². The molecule has 0 fully saturated rings. The normalized spacial score (nSPS) is 11.1. The molecule has 10 rings (SSSR count). The molecular formula is C54H36N4. The van der Waals surface area contributed by atoms with Crippen LogP contribution in [0.2, 0.25) is 0 Å². The van der Waals surface area contributed by atoms with Crippen LogP contribution in [0.15, 0.2) is 219 Å². The van der Waals surface area contributed by atoms with Gasteiger partial charge in [-0.25, -0.2) is 15.0 Å². The summed E-state index contributed by atoms with van der Waals surface area (Å²) in [7, 11) is 0. The van der Waals surface area contributed by atoms with Crippen molar-refractivity contribution in [3.05, 3.63) is 219 Å². The fourth-order valence-electron chi connectivity index (χ4n) is 7.59. The number of pyridine rings is 1. The van der Waals surface area contributed by atoms with Gasteiger partial charge < -0.3 is 0 Å². The first-order chi connectivity index (χ1) is 28.7. The summed E-state index contributed by atoms with van der Waals surface area (Å²) in [5.41, 5.74) is 13.8. The van der Waals surface area contributed by atoms with E-state index < -0.39 is 0 Å². The Labute approximate surface area is 337 Å². The summed E-state index contributed by atoms with van der Waals surface area (Å²) in [4.78, 5) is 20.3. The van der Waals surface area contributed by atoms with Crippen LogP contribution in [0.25, 0.3) is 101 Å². The molecule has 0 aliphatic rings. The summed E-state index contributed by atoms with van der Waals surface area (Å²) in [6, 6.07) is 74.0. The van der Waals surface area contributed by atoms with E-state index in [0.29, 0.717) is 17.5 Å². The van der Waals surface area contributed by atoms with Gasteiger partial charge in [-0.3, -0.25) is 4.98 Å². The van der Waals surface area contributed by atoms with Crippen molar-refractivity contribution in [3.63, 3.8) is 0 Å². The molecule has 0 radical (unpaired) electrons. The van der Waals surface area contributed by atoms with Crippen LogP contribution < -0.4 is 0 Å². The maximum Gasteiger partial charge on any atom is 0.164 e. The summed E-state index contributed by atoms with van der Waals surface area (Å²) in [6.07, 6.45) is 1.87. The van der Waals surface area contributed by atoms with Crippen LogP contribution in [0.3, 0.4) is 0 Å². The Hall–Kier alpha value is -7.82. The minimum atomic E-state index is 0.595. The van der Waals surface area contributed by atoms with Gasteiger partial charge in [-0.1, -0.05) is 176 Å². The maximum absolute atomic E-state index is 5.18. The third-order valence-corrected chi connectivity index (χ3v) is 10.6. The van der Waals surface area contributed by atoms with Gasteiger partial charge in [0.1, 0.15) is 0 Å². The molecule has 4 heteroatoms. The molecule has 0 bridgehead atoms. The van der Waals surface area contributed by atoms with Gasteiger partial charge in [0, 0.05) is 33.8 Å². The molecule has 0 N–H and O–H groups in total. The molecule has 2 heterocycles. The highest BCUT2D eigenvalue weighted by atomic mass is 15.0. The van der Waals surface area contributed by atoms with Crippen molar-refractivity contribution in [2.75, 3.05) is 0 Å².